The zero-order valence-corrected chi connectivity index (χ0v) is 9.93. The van der Waals surface area contributed by atoms with Crippen LogP contribution in [-0.4, -0.2) is 53.1 Å². The first kappa shape index (κ1) is 14.1. The first-order valence-electron chi connectivity index (χ1n) is 4.40. The van der Waals surface area contributed by atoms with E-state index in [0.717, 1.165) is 11.4 Å². The lowest BCUT2D eigenvalue weighted by atomic mass is 10.4. The van der Waals surface area contributed by atoms with Crippen LogP contribution in [0.3, 0.4) is 0 Å². The van der Waals surface area contributed by atoms with Gasteiger partial charge in [0.2, 0.25) is 0 Å². The van der Waals surface area contributed by atoms with Crippen LogP contribution in [0.25, 0.3) is 0 Å². The van der Waals surface area contributed by atoms with Crippen LogP contribution in [0.4, 0.5) is 4.79 Å². The number of hydrogen-bond acceptors (Lipinski definition) is 5. The summed E-state index contributed by atoms with van der Waals surface area (Å²) in [4.78, 5) is 10.7. The topological polar surface area (TPSA) is 87.7 Å². The van der Waals surface area contributed by atoms with Gasteiger partial charge in [-0.3, -0.25) is 0 Å². The van der Waals surface area contributed by atoms with Crippen molar-refractivity contribution in [3.63, 3.8) is 0 Å². The second-order valence-electron chi connectivity index (χ2n) is 2.88. The van der Waals surface area contributed by atoms with E-state index in [2.05, 4.69) is 10.1 Å². The smallest absolute Gasteiger partial charge is 0.421 e. The maximum absolute atomic E-state index is 11.4. The van der Waals surface area contributed by atoms with Gasteiger partial charge in [-0.1, -0.05) is 0 Å². The van der Waals surface area contributed by atoms with Gasteiger partial charge in [-0.05, 0) is 20.0 Å². The fraction of sp³-hybridized carbons (Fsp3) is 0.857. The molecule has 0 heterocycles. The second kappa shape index (κ2) is 6.59. The summed E-state index contributed by atoms with van der Waals surface area (Å²) in [5, 5.41) is 2.89. The first-order chi connectivity index (χ1) is 6.94. The molecule has 0 aromatic carbocycles. The lowest BCUT2D eigenvalue weighted by molar-refractivity contribution is 0.177. The highest BCUT2D eigenvalue weighted by Crippen LogP contribution is 1.95. The zero-order valence-electron chi connectivity index (χ0n) is 9.11. The zero-order chi connectivity index (χ0) is 11.9. The summed E-state index contributed by atoms with van der Waals surface area (Å²) in [5.41, 5.74) is 0. The van der Waals surface area contributed by atoms with Gasteiger partial charge in [0.05, 0.1) is 7.11 Å². The standard InChI is InChI=1S/C7H17N3O4S/c1-8-5-4-6-10(2)15(12,13)9-7(11)14-3/h8H,4-6H2,1-3H3,(H,9,11). The number of ether oxygens (including phenoxy) is 1. The molecule has 0 fully saturated rings. The van der Waals surface area contributed by atoms with E-state index in [9.17, 15) is 13.2 Å². The van der Waals surface area contributed by atoms with Gasteiger partial charge < -0.3 is 10.1 Å². The Morgan fingerprint density at radius 2 is 2.07 bits per heavy atom. The van der Waals surface area contributed by atoms with E-state index in [1.165, 1.54) is 7.05 Å². The number of amides is 1. The van der Waals surface area contributed by atoms with E-state index in [-0.39, 0.29) is 0 Å². The number of nitrogens with zero attached hydrogens (tertiary/aromatic N) is 1. The molecule has 0 aromatic heterocycles. The molecule has 0 bridgehead atoms. The number of nitrogens with one attached hydrogen (secondary N) is 2. The largest absolute Gasteiger partial charge is 0.452 e. The molecule has 0 saturated heterocycles. The summed E-state index contributed by atoms with van der Waals surface area (Å²) in [7, 11) is 0.501. The minimum absolute atomic E-state index is 0.327. The Kier molecular flexibility index (Phi) is 6.21. The monoisotopic (exact) mass is 239 g/mol. The summed E-state index contributed by atoms with van der Waals surface area (Å²) in [6, 6.07) is 0. The molecule has 1 amide bonds. The average Bonchev–Trinajstić information content (AvgIpc) is 2.17. The summed E-state index contributed by atoms with van der Waals surface area (Å²) < 4.78 is 29.8. The predicted molar refractivity (Wildman–Crippen MR) is 55.6 cm³/mol. The maximum atomic E-state index is 11.4. The molecule has 7 nitrogen and oxygen atoms in total. The van der Waals surface area contributed by atoms with E-state index in [1.807, 2.05) is 0 Å². The molecule has 0 aliphatic carbocycles. The van der Waals surface area contributed by atoms with E-state index in [1.54, 1.807) is 11.8 Å². The van der Waals surface area contributed by atoms with Gasteiger partial charge in [-0.15, -0.1) is 0 Å². The van der Waals surface area contributed by atoms with Gasteiger partial charge >= 0.3 is 16.3 Å². The fourth-order valence-electron chi connectivity index (χ4n) is 0.824. The van der Waals surface area contributed by atoms with Crippen LogP contribution in [-0.2, 0) is 14.9 Å². The molecule has 2 N–H and O–H groups in total. The van der Waals surface area contributed by atoms with Crippen LogP contribution < -0.4 is 10.0 Å². The minimum Gasteiger partial charge on any atom is -0.452 e. The molecular formula is C7H17N3O4S. The molecule has 0 radical (unpaired) electrons. The van der Waals surface area contributed by atoms with Crippen LogP contribution in [0.1, 0.15) is 6.42 Å². The van der Waals surface area contributed by atoms with Gasteiger partial charge in [-0.2, -0.15) is 12.7 Å². The van der Waals surface area contributed by atoms with Crippen molar-refractivity contribution in [3.05, 3.63) is 0 Å². The average molecular weight is 239 g/mol. The molecule has 0 atom stereocenters. The van der Waals surface area contributed by atoms with Gasteiger partial charge in [-0.25, -0.2) is 9.52 Å². The van der Waals surface area contributed by atoms with Gasteiger partial charge in [0, 0.05) is 13.6 Å². The van der Waals surface area contributed by atoms with Crippen LogP contribution in [0.15, 0.2) is 0 Å². The van der Waals surface area contributed by atoms with Crippen molar-refractivity contribution in [1.29, 1.82) is 0 Å². The minimum atomic E-state index is -3.77. The second-order valence-corrected chi connectivity index (χ2v) is 4.65. The van der Waals surface area contributed by atoms with Crippen molar-refractivity contribution in [1.82, 2.24) is 14.3 Å². The van der Waals surface area contributed by atoms with Crippen LogP contribution >= 0.6 is 0 Å². The highest BCUT2D eigenvalue weighted by Gasteiger charge is 2.19. The molecule has 0 saturated carbocycles. The van der Waals surface area contributed by atoms with E-state index in [0.29, 0.717) is 19.5 Å². The number of carbonyl (C=O) groups excluding carboxylic acids is 1. The molecule has 0 spiro atoms. The SMILES string of the molecule is CNCCCN(C)S(=O)(=O)NC(=O)OC. The van der Waals surface area contributed by atoms with Crippen molar-refractivity contribution in [2.45, 2.75) is 6.42 Å². The Morgan fingerprint density at radius 1 is 1.47 bits per heavy atom. The van der Waals surface area contributed by atoms with Crippen LogP contribution in [0.5, 0.6) is 0 Å². The molecule has 0 rings (SSSR count). The highest BCUT2D eigenvalue weighted by molar-refractivity contribution is 7.87. The Hall–Kier alpha value is -0.860. The fourth-order valence-corrected chi connectivity index (χ4v) is 1.64. The third-order valence-corrected chi connectivity index (χ3v) is 3.14. The number of hydrogen-bond donors (Lipinski definition) is 2. The summed E-state index contributed by atoms with van der Waals surface area (Å²) in [5.74, 6) is 0. The summed E-state index contributed by atoms with van der Waals surface area (Å²) in [6.45, 7) is 1.03. The Bertz CT molecular complexity index is 291. The van der Waals surface area contributed by atoms with Crippen LogP contribution in [0, 0.1) is 0 Å². The summed E-state index contributed by atoms with van der Waals surface area (Å²) in [6.07, 6.45) is -0.329. The predicted octanol–water partition coefficient (Wildman–Crippen LogP) is -0.871. The molecule has 0 aliphatic rings. The van der Waals surface area contributed by atoms with Gasteiger partial charge in [0.1, 0.15) is 0 Å². The molecular weight excluding hydrogens is 222 g/mol. The van der Waals surface area contributed by atoms with E-state index >= 15 is 0 Å². The molecule has 0 aromatic rings. The van der Waals surface area contributed by atoms with Crippen molar-refractivity contribution >= 4 is 16.3 Å². The lowest BCUT2D eigenvalue weighted by Gasteiger charge is -2.16. The first-order valence-corrected chi connectivity index (χ1v) is 5.84. The molecule has 8 heteroatoms. The maximum Gasteiger partial charge on any atom is 0.421 e. The van der Waals surface area contributed by atoms with Gasteiger partial charge in [0.15, 0.2) is 0 Å². The number of carbonyl (C=O) groups is 1. The Labute approximate surface area is 90.0 Å². The Morgan fingerprint density at radius 3 is 2.53 bits per heavy atom. The molecule has 0 unspecified atom stereocenters. The molecule has 0 aliphatic heterocycles. The quantitative estimate of drug-likeness (QED) is 0.588. The van der Waals surface area contributed by atoms with Crippen LogP contribution in [0.2, 0.25) is 0 Å². The van der Waals surface area contributed by atoms with Crippen molar-refractivity contribution in [2.24, 2.45) is 0 Å². The summed E-state index contributed by atoms with van der Waals surface area (Å²) >= 11 is 0. The number of methoxy groups -OCH3 is 1. The molecule has 15 heavy (non-hydrogen) atoms. The Balaban J connectivity index is 4.14. The van der Waals surface area contributed by atoms with Crippen molar-refractivity contribution in [2.75, 3.05) is 34.3 Å². The van der Waals surface area contributed by atoms with E-state index in [4.69, 9.17) is 0 Å². The highest BCUT2D eigenvalue weighted by atomic mass is 32.2. The van der Waals surface area contributed by atoms with E-state index < -0.39 is 16.3 Å². The third kappa shape index (κ3) is 5.55. The third-order valence-electron chi connectivity index (χ3n) is 1.71. The number of rotatable bonds is 6. The van der Waals surface area contributed by atoms with Crippen molar-refractivity contribution in [3.8, 4) is 0 Å². The van der Waals surface area contributed by atoms with Crippen molar-refractivity contribution < 1.29 is 17.9 Å². The lowest BCUT2D eigenvalue weighted by Crippen LogP contribution is -2.42. The normalized spacial score (nSPS) is 11.5. The van der Waals surface area contributed by atoms with Gasteiger partial charge in [0.25, 0.3) is 0 Å². The molecule has 90 valence electrons.